The van der Waals surface area contributed by atoms with Crippen LogP contribution in [0.4, 0.5) is 0 Å². The van der Waals surface area contributed by atoms with Gasteiger partial charge in [-0.3, -0.25) is 76.7 Å². The first-order valence-electron chi connectivity index (χ1n) is 32.3. The van der Waals surface area contributed by atoms with Gasteiger partial charge in [0, 0.05) is 35.9 Å². The van der Waals surface area contributed by atoms with Gasteiger partial charge in [-0.25, -0.2) is 4.79 Å². The first-order valence-corrected chi connectivity index (χ1v) is 37.3. The second-order valence-electron chi connectivity index (χ2n) is 24.3. The summed E-state index contributed by atoms with van der Waals surface area (Å²) in [4.78, 5) is 235. The molecule has 4 heterocycles. The lowest BCUT2D eigenvalue weighted by Gasteiger charge is -2.30. The monoisotopic (exact) mass is 1510 g/mol. The number of carboxylic acid groups (broad SMARTS) is 2. The maximum absolute atomic E-state index is 14.8. The van der Waals surface area contributed by atoms with Gasteiger partial charge in [-0.15, -0.1) is 0 Å². The molecule has 5 rings (SSSR count). The van der Waals surface area contributed by atoms with Gasteiger partial charge in [0.2, 0.25) is 88.6 Å². The molecule has 15 amide bonds. The van der Waals surface area contributed by atoms with E-state index in [-0.39, 0.29) is 18.6 Å². The quantitative estimate of drug-likeness (QED) is 0.0480. The maximum Gasteiger partial charge on any atom is 0.327 e. The summed E-state index contributed by atoms with van der Waals surface area (Å²) >= 11 is 0. The number of hydrogen-bond acceptors (Lipinski definition) is 25. The number of primary amides is 1. The predicted molar refractivity (Wildman–Crippen MR) is 369 cm³/mol. The van der Waals surface area contributed by atoms with E-state index in [1.165, 1.54) is 45.0 Å². The molecule has 102 heavy (non-hydrogen) atoms. The summed E-state index contributed by atoms with van der Waals surface area (Å²) in [5.41, 5.74) is 5.79. The van der Waals surface area contributed by atoms with Crippen molar-refractivity contribution >= 4 is 144 Å². The van der Waals surface area contributed by atoms with Crippen molar-refractivity contribution in [1.82, 2.24) is 79.8 Å². The number of fused-ring (bicyclic) bond motifs is 37. The normalized spacial score (nSPS) is 27.2. The fraction of sp³-hybridized carbons (Fsp3) is 0.617. The summed E-state index contributed by atoms with van der Waals surface area (Å²) in [5, 5.41) is 88.1. The van der Waals surface area contributed by atoms with Gasteiger partial charge in [0.05, 0.1) is 31.2 Å². The van der Waals surface area contributed by atoms with Gasteiger partial charge in [0.25, 0.3) is 0 Å². The zero-order valence-electron chi connectivity index (χ0n) is 56.7. The molecule has 4 saturated heterocycles. The zero-order chi connectivity index (χ0) is 76.2. The molecule has 17 atom stereocenters. The average molecular weight is 1520 g/mol. The second kappa shape index (κ2) is 42.0. The molecule has 4 aliphatic rings. The minimum Gasteiger partial charge on any atom is -0.508 e. The Morgan fingerprint density at radius 2 is 1.12 bits per heavy atom. The van der Waals surface area contributed by atoms with Gasteiger partial charge in [-0.2, -0.15) is 0 Å². The van der Waals surface area contributed by atoms with E-state index >= 15 is 0 Å². The van der Waals surface area contributed by atoms with Crippen molar-refractivity contribution in [2.75, 3.05) is 36.1 Å². The number of carbonyl (C=O) groups excluding carboxylic acids is 15. The van der Waals surface area contributed by atoms with Crippen molar-refractivity contribution in [2.45, 2.75) is 190 Å². The minimum absolute atomic E-state index is 0.112. The molecule has 1 aromatic rings. The molecule has 0 aromatic heterocycles. The number of aliphatic hydroxyl groups excluding tert-OH is 2. The molecule has 1 unspecified atom stereocenters. The fourth-order valence-corrected chi connectivity index (χ4v) is 14.4. The Labute approximate surface area is 601 Å². The van der Waals surface area contributed by atoms with E-state index in [1.54, 1.807) is 6.92 Å². The number of benzene rings is 1. The molecule has 0 aliphatic carbocycles. The number of carboxylic acids is 2. The molecular formula is C60H90N16O22S4. The van der Waals surface area contributed by atoms with Crippen LogP contribution in [-0.4, -0.2) is 259 Å². The highest BCUT2D eigenvalue weighted by atomic mass is 33.1. The number of phenols is 1. The smallest absolute Gasteiger partial charge is 0.327 e. The molecule has 38 nitrogen and oxygen atoms in total. The van der Waals surface area contributed by atoms with Crippen molar-refractivity contribution in [3.8, 4) is 5.75 Å². The van der Waals surface area contributed by atoms with E-state index in [4.69, 9.17) is 5.73 Å². The summed E-state index contributed by atoms with van der Waals surface area (Å²) in [6.45, 7) is 8.30. The number of nitrogens with two attached hydrogens (primary N) is 1. The minimum atomic E-state index is -2.02. The maximum atomic E-state index is 14.8. The SMILES string of the molecule is CC[C@H](C)[C@@H]1NC(=O)[C@H](CCC(=O)O)NC(=O)[C@@H](NC(=O)[C@@H](NC(=O)[C@H](CC(N)=O)NC(=O)[C@@H]2CCCN2)[C@@H](C)O)CSSC[C@@H]2NC(=O)[C@H](C)NC(=O)[C@H](C)NC(=O)[C@H](Cc3ccc(O)cc3)NC(=O)[C@H](C)NC(=O)C(CSSC[C@@H](C(=O)O)NC(=O)CNC(=O)[C@H]([C@@H](C)O)NC2=O)NC1=O. The third-order valence-corrected chi connectivity index (χ3v) is 20.8. The van der Waals surface area contributed by atoms with Gasteiger partial charge in [0.15, 0.2) is 0 Å². The predicted octanol–water partition coefficient (Wildman–Crippen LogP) is -7.41. The third kappa shape index (κ3) is 28.3. The van der Waals surface area contributed by atoms with Crippen molar-refractivity contribution in [2.24, 2.45) is 11.7 Å². The molecular weight excluding hydrogens is 1430 g/mol. The van der Waals surface area contributed by atoms with Crippen molar-refractivity contribution < 1.29 is 107 Å². The third-order valence-electron chi connectivity index (χ3n) is 15.9. The Kier molecular flexibility index (Phi) is 35.3. The first kappa shape index (κ1) is 85.7. The Morgan fingerprint density at radius 1 is 0.588 bits per heavy atom. The van der Waals surface area contributed by atoms with Crippen LogP contribution in [0.2, 0.25) is 0 Å². The lowest BCUT2D eigenvalue weighted by atomic mass is 9.97. The molecule has 0 radical (unpaired) electrons. The van der Waals surface area contributed by atoms with Gasteiger partial charge in [0.1, 0.15) is 84.3 Å². The van der Waals surface area contributed by atoms with Gasteiger partial charge in [-0.1, -0.05) is 75.6 Å². The van der Waals surface area contributed by atoms with E-state index in [9.17, 15) is 107 Å². The second-order valence-corrected chi connectivity index (χ2v) is 29.4. The largest absolute Gasteiger partial charge is 0.508 e. The van der Waals surface area contributed by atoms with Crippen molar-refractivity contribution in [3.05, 3.63) is 29.8 Å². The van der Waals surface area contributed by atoms with Gasteiger partial charge in [-0.05, 0) is 84.0 Å². The fourth-order valence-electron chi connectivity index (χ4n) is 9.74. The summed E-state index contributed by atoms with van der Waals surface area (Å²) in [6, 6.07) is -17.9. The van der Waals surface area contributed by atoms with Crippen LogP contribution in [0.15, 0.2) is 24.3 Å². The number of nitrogens with one attached hydrogen (secondary N) is 15. The van der Waals surface area contributed by atoms with Gasteiger partial charge >= 0.3 is 11.9 Å². The number of phenolic OH excluding ortho intramolecular Hbond substituents is 1. The number of aliphatic hydroxyl groups is 2. The van der Waals surface area contributed by atoms with E-state index in [2.05, 4.69) is 79.8 Å². The molecule has 566 valence electrons. The number of carbonyl (C=O) groups is 17. The Balaban J connectivity index is 1.94. The Morgan fingerprint density at radius 3 is 1.68 bits per heavy atom. The van der Waals surface area contributed by atoms with Crippen LogP contribution < -0.4 is 85.5 Å². The molecule has 2 bridgehead atoms. The lowest BCUT2D eigenvalue weighted by Crippen LogP contribution is -2.62. The van der Waals surface area contributed by atoms with Crippen molar-refractivity contribution in [3.63, 3.8) is 0 Å². The molecule has 42 heteroatoms. The van der Waals surface area contributed by atoms with Crippen LogP contribution in [0.25, 0.3) is 0 Å². The van der Waals surface area contributed by atoms with Crippen LogP contribution in [0.3, 0.4) is 0 Å². The molecule has 4 aliphatic heterocycles. The van der Waals surface area contributed by atoms with Crippen LogP contribution in [0.1, 0.15) is 92.6 Å². The number of aromatic hydroxyl groups is 1. The number of aliphatic carboxylic acids is 2. The van der Waals surface area contributed by atoms with E-state index in [0.717, 1.165) is 42.4 Å². The highest BCUT2D eigenvalue weighted by molar-refractivity contribution is 8.77. The van der Waals surface area contributed by atoms with Crippen LogP contribution in [0, 0.1) is 5.92 Å². The summed E-state index contributed by atoms with van der Waals surface area (Å²) in [6.07, 6.45) is -5.15. The summed E-state index contributed by atoms with van der Waals surface area (Å²) in [7, 11) is 2.85. The Hall–Kier alpha value is -8.71. The van der Waals surface area contributed by atoms with Crippen molar-refractivity contribution in [1.29, 1.82) is 0 Å². The van der Waals surface area contributed by atoms with Crippen LogP contribution in [0.5, 0.6) is 5.75 Å². The van der Waals surface area contributed by atoms with E-state index in [1.807, 2.05) is 0 Å². The Bertz CT molecular complexity index is 3230. The molecule has 0 spiro atoms. The topological polar surface area (TPSA) is 598 Å². The molecule has 22 N–H and O–H groups in total. The molecule has 0 saturated carbocycles. The average Bonchev–Trinajstić information content (AvgIpc) is 0.895. The standard InChI is InChI=1S/C60H90N16O22S4/c1-8-25(2)44-58(95)72-37-21-101-102-24-40(60(97)98)67-42(81)20-63-57(94)45(29(6)77)75-56(93)39(71-49(86)27(4)64-47(84)26(3)65-52(89)35(18-31-11-13-32(79)14-12-31)69-48(85)28(5)66-54(37)91)23-100-99-22-38(55(92)68-34(51(88)74-44)15-16-43(82)83)73-59(96)46(30(7)78)76-53(90)36(19-41(61)80)70-50(87)33-10-9-17-62-33/h11-14,25-30,33-40,44-46,62,77-79H,8-10,15-24H2,1-7H3,(H2,61,80)(H,63,94)(H,64,84)(H,65,89)(H,66,91)(H,67,81)(H,68,92)(H,69,85)(H,70,87)(H,71,86)(H,72,95)(H,73,96)(H,74,88)(H,75,93)(H,76,90)(H,82,83)(H,97,98)/t25-,26-,27-,28-,29+,30+,33-,34-,35-,36-,37?,38-,39-,40-,44-,45-,46-/m0/s1. The highest BCUT2D eigenvalue weighted by Gasteiger charge is 2.40. The number of amides is 15. The molecule has 1 aromatic carbocycles. The van der Waals surface area contributed by atoms with Crippen LogP contribution in [-0.2, 0) is 87.9 Å². The molecule has 4 fully saturated rings. The number of hydrogen-bond donors (Lipinski definition) is 21. The summed E-state index contributed by atoms with van der Waals surface area (Å²) in [5.74, 6) is -22.9. The lowest BCUT2D eigenvalue weighted by molar-refractivity contribution is -0.141. The number of rotatable bonds is 18. The van der Waals surface area contributed by atoms with Gasteiger partial charge < -0.3 is 111 Å². The zero-order valence-corrected chi connectivity index (χ0v) is 60.0. The first-order chi connectivity index (χ1) is 48.0. The van der Waals surface area contributed by atoms with Crippen LogP contribution >= 0.6 is 43.2 Å². The summed E-state index contributed by atoms with van der Waals surface area (Å²) < 4.78 is 0. The van der Waals surface area contributed by atoms with E-state index in [0.29, 0.717) is 46.5 Å². The van der Waals surface area contributed by atoms with E-state index < -0.39 is 252 Å². The highest BCUT2D eigenvalue weighted by Crippen LogP contribution is 2.26.